The number of aromatic nitrogens is 1. The van der Waals surface area contributed by atoms with Crippen LogP contribution in [0.15, 0.2) is 53.6 Å². The number of carboxylic acid groups (broad SMARTS) is 1. The molecule has 2 aromatic carbocycles. The Labute approximate surface area is 219 Å². The fourth-order valence-electron chi connectivity index (χ4n) is 5.01. The highest BCUT2D eigenvalue weighted by Crippen LogP contribution is 2.32. The SMILES string of the molecule is COc1ccc2nccc(C(=O)CC[C@@H]3CCN(CCSc4cc(F)ccc4F)C[C@@H]3CC(=O)O)c2c1. The number of ketones is 1. The van der Waals surface area contributed by atoms with E-state index in [2.05, 4.69) is 9.88 Å². The molecule has 0 radical (unpaired) electrons. The molecule has 1 aliphatic heterocycles. The first kappa shape index (κ1) is 27.0. The van der Waals surface area contributed by atoms with Gasteiger partial charge in [-0.05, 0) is 73.7 Å². The Bertz CT molecular complexity index is 1270. The van der Waals surface area contributed by atoms with Crippen LogP contribution in [0.4, 0.5) is 8.78 Å². The van der Waals surface area contributed by atoms with Crippen molar-refractivity contribution >= 4 is 34.4 Å². The van der Waals surface area contributed by atoms with Gasteiger partial charge in [0.05, 0.1) is 12.6 Å². The van der Waals surface area contributed by atoms with Crippen LogP contribution < -0.4 is 4.74 Å². The van der Waals surface area contributed by atoms with Gasteiger partial charge < -0.3 is 14.7 Å². The van der Waals surface area contributed by atoms with Gasteiger partial charge in [0.2, 0.25) is 0 Å². The number of ether oxygens (including phenoxy) is 1. The van der Waals surface area contributed by atoms with E-state index in [-0.39, 0.29) is 28.9 Å². The smallest absolute Gasteiger partial charge is 0.303 e. The highest BCUT2D eigenvalue weighted by Gasteiger charge is 2.31. The Kier molecular flexibility index (Phi) is 9.10. The van der Waals surface area contributed by atoms with Gasteiger partial charge in [0.15, 0.2) is 5.78 Å². The number of carbonyl (C=O) groups excluding carboxylic acids is 1. The monoisotopic (exact) mass is 528 g/mol. The average Bonchev–Trinajstić information content (AvgIpc) is 2.89. The lowest BCUT2D eigenvalue weighted by Crippen LogP contribution is -2.42. The van der Waals surface area contributed by atoms with Crippen molar-refractivity contribution in [2.75, 3.05) is 32.5 Å². The predicted octanol–water partition coefficient (Wildman–Crippen LogP) is 5.69. The molecule has 0 spiro atoms. The van der Waals surface area contributed by atoms with Crippen molar-refractivity contribution in [2.45, 2.75) is 30.6 Å². The van der Waals surface area contributed by atoms with Crippen molar-refractivity contribution in [3.05, 3.63) is 65.9 Å². The third-order valence-corrected chi connectivity index (χ3v) is 7.97. The lowest BCUT2D eigenvalue weighted by atomic mass is 9.79. The molecular weight excluding hydrogens is 498 g/mol. The molecule has 6 nitrogen and oxygen atoms in total. The van der Waals surface area contributed by atoms with Crippen LogP contribution in [0.25, 0.3) is 10.9 Å². The van der Waals surface area contributed by atoms with Crippen molar-refractivity contribution in [1.82, 2.24) is 9.88 Å². The number of piperidine rings is 1. The second-order valence-electron chi connectivity index (χ2n) is 9.33. The second-order valence-corrected chi connectivity index (χ2v) is 10.5. The molecule has 0 unspecified atom stereocenters. The molecule has 0 saturated carbocycles. The van der Waals surface area contributed by atoms with Crippen LogP contribution in [0.3, 0.4) is 0 Å². The van der Waals surface area contributed by atoms with Crippen LogP contribution in [0, 0.1) is 23.5 Å². The van der Waals surface area contributed by atoms with E-state index in [4.69, 9.17) is 4.74 Å². The average molecular weight is 529 g/mol. The number of pyridine rings is 1. The summed E-state index contributed by atoms with van der Waals surface area (Å²) >= 11 is 1.25. The zero-order valence-corrected chi connectivity index (χ0v) is 21.5. The summed E-state index contributed by atoms with van der Waals surface area (Å²) < 4.78 is 32.6. The minimum atomic E-state index is -0.855. The quantitative estimate of drug-likeness (QED) is 0.253. The lowest BCUT2D eigenvalue weighted by molar-refractivity contribution is -0.139. The maximum Gasteiger partial charge on any atom is 0.303 e. The first-order valence-corrected chi connectivity index (χ1v) is 13.3. The van der Waals surface area contributed by atoms with E-state index >= 15 is 0 Å². The zero-order chi connectivity index (χ0) is 26.4. The predicted molar refractivity (Wildman–Crippen MR) is 139 cm³/mol. The largest absolute Gasteiger partial charge is 0.497 e. The molecule has 37 heavy (non-hydrogen) atoms. The number of rotatable bonds is 11. The molecule has 9 heteroatoms. The number of nitrogens with zero attached hydrogens (tertiary/aromatic N) is 2. The van der Waals surface area contributed by atoms with Crippen molar-refractivity contribution < 1.29 is 28.2 Å². The summed E-state index contributed by atoms with van der Waals surface area (Å²) in [5, 5.41) is 10.2. The minimum absolute atomic E-state index is 0.00526. The summed E-state index contributed by atoms with van der Waals surface area (Å²) in [5.74, 6) is -0.504. The van der Waals surface area contributed by atoms with Crippen LogP contribution in [0.5, 0.6) is 5.75 Å². The molecule has 2 heterocycles. The Morgan fingerprint density at radius 3 is 2.78 bits per heavy atom. The molecule has 196 valence electrons. The molecule has 2 atom stereocenters. The van der Waals surface area contributed by atoms with Crippen molar-refractivity contribution in [1.29, 1.82) is 0 Å². The number of hydrogen-bond acceptors (Lipinski definition) is 6. The van der Waals surface area contributed by atoms with E-state index in [9.17, 15) is 23.5 Å². The number of hydrogen-bond donors (Lipinski definition) is 1. The summed E-state index contributed by atoms with van der Waals surface area (Å²) in [6.45, 7) is 2.02. The van der Waals surface area contributed by atoms with E-state index in [0.717, 1.165) is 36.0 Å². The molecule has 3 aromatic rings. The van der Waals surface area contributed by atoms with E-state index in [1.807, 2.05) is 12.1 Å². The van der Waals surface area contributed by atoms with Gasteiger partial charge in [-0.2, -0.15) is 0 Å². The summed E-state index contributed by atoms with van der Waals surface area (Å²) in [5.41, 5.74) is 1.32. The number of carbonyl (C=O) groups is 2. The van der Waals surface area contributed by atoms with Gasteiger partial charge >= 0.3 is 5.97 Å². The molecule has 1 fully saturated rings. The standard InChI is InChI=1S/C28H30F2N2O4S/c1-36-21-4-6-25-23(16-21)22(8-10-31-25)26(33)7-2-18-9-11-32(17-19(18)14-28(34)35)12-13-37-27-15-20(29)3-5-24(27)30/h3-6,8,10,15-16,18-19H,2,7,9,11-14,17H2,1H3,(H,34,35)/t18-,19+/m1/s1. The Balaban J connectivity index is 1.35. The number of carboxylic acids is 1. The number of Topliss-reactive ketones (excluding diaryl/α,β-unsaturated/α-hetero) is 1. The minimum Gasteiger partial charge on any atom is -0.497 e. The highest BCUT2D eigenvalue weighted by atomic mass is 32.2. The highest BCUT2D eigenvalue weighted by molar-refractivity contribution is 7.99. The van der Waals surface area contributed by atoms with Gasteiger partial charge in [-0.25, -0.2) is 8.78 Å². The molecule has 4 rings (SSSR count). The zero-order valence-electron chi connectivity index (χ0n) is 20.7. The number of methoxy groups -OCH3 is 1. The third-order valence-electron chi connectivity index (χ3n) is 6.96. The Hall–Kier alpha value is -3.04. The Morgan fingerprint density at radius 1 is 1.16 bits per heavy atom. The third kappa shape index (κ3) is 7.05. The van der Waals surface area contributed by atoms with Crippen molar-refractivity contribution in [2.24, 2.45) is 11.8 Å². The lowest BCUT2D eigenvalue weighted by Gasteiger charge is -2.38. The fourth-order valence-corrected chi connectivity index (χ4v) is 5.99. The van der Waals surface area contributed by atoms with Gasteiger partial charge in [0, 0.05) is 53.7 Å². The van der Waals surface area contributed by atoms with Crippen LogP contribution in [0.1, 0.15) is 36.0 Å². The number of benzene rings is 2. The normalized spacial score (nSPS) is 18.1. The van der Waals surface area contributed by atoms with Gasteiger partial charge in [-0.15, -0.1) is 11.8 Å². The topological polar surface area (TPSA) is 79.7 Å². The molecule has 1 aromatic heterocycles. The van der Waals surface area contributed by atoms with E-state index in [1.54, 1.807) is 25.4 Å². The van der Waals surface area contributed by atoms with Crippen LogP contribution in [-0.4, -0.2) is 59.2 Å². The van der Waals surface area contributed by atoms with Gasteiger partial charge in [0.1, 0.15) is 17.4 Å². The number of thioether (sulfide) groups is 1. The van der Waals surface area contributed by atoms with Gasteiger partial charge in [0.25, 0.3) is 0 Å². The fraction of sp³-hybridized carbons (Fsp3) is 0.393. The van der Waals surface area contributed by atoms with E-state index < -0.39 is 17.6 Å². The summed E-state index contributed by atoms with van der Waals surface area (Å²) in [4.78, 5) is 31.5. The molecule has 1 aliphatic rings. The summed E-state index contributed by atoms with van der Waals surface area (Å²) in [6.07, 6.45) is 3.39. The van der Waals surface area contributed by atoms with Crippen LogP contribution >= 0.6 is 11.8 Å². The summed E-state index contributed by atoms with van der Waals surface area (Å²) in [7, 11) is 1.58. The molecule has 0 bridgehead atoms. The maximum atomic E-state index is 13.9. The molecular formula is C28H30F2N2O4S. The van der Waals surface area contributed by atoms with Crippen molar-refractivity contribution in [3.8, 4) is 5.75 Å². The molecule has 1 saturated heterocycles. The van der Waals surface area contributed by atoms with Gasteiger partial charge in [-0.3, -0.25) is 14.6 Å². The Morgan fingerprint density at radius 2 is 2.00 bits per heavy atom. The molecule has 0 amide bonds. The van der Waals surface area contributed by atoms with E-state index in [1.165, 1.54) is 17.8 Å². The molecule has 0 aliphatic carbocycles. The first-order valence-electron chi connectivity index (χ1n) is 12.3. The molecule has 1 N–H and O–H groups in total. The first-order chi connectivity index (χ1) is 17.8. The van der Waals surface area contributed by atoms with Crippen LogP contribution in [0.2, 0.25) is 0 Å². The number of likely N-dealkylation sites (tertiary alicyclic amines) is 1. The maximum absolute atomic E-state index is 13.9. The number of fused-ring (bicyclic) bond motifs is 1. The van der Waals surface area contributed by atoms with Crippen LogP contribution in [-0.2, 0) is 4.79 Å². The van der Waals surface area contributed by atoms with E-state index in [0.29, 0.717) is 43.0 Å². The second kappa shape index (κ2) is 12.5. The van der Waals surface area contributed by atoms with Gasteiger partial charge in [-0.1, -0.05) is 0 Å². The number of halogens is 2. The summed E-state index contributed by atoms with van der Waals surface area (Å²) in [6, 6.07) is 10.6. The van der Waals surface area contributed by atoms with Crippen molar-refractivity contribution in [3.63, 3.8) is 0 Å². The number of aliphatic carboxylic acids is 1.